The molecule has 1 amide bonds. The first kappa shape index (κ1) is 13.4. The fourth-order valence-electron chi connectivity index (χ4n) is 1.79. The topological polar surface area (TPSA) is 72.9 Å². The maximum atomic E-state index is 11.9. The van der Waals surface area contributed by atoms with E-state index in [9.17, 15) is 4.79 Å². The zero-order valence-electron chi connectivity index (χ0n) is 10.6. The molecule has 6 heteroatoms. The minimum atomic E-state index is -0.151. The molecule has 100 valence electrons. The van der Waals surface area contributed by atoms with Crippen molar-refractivity contribution in [2.45, 2.75) is 19.9 Å². The number of carbonyl (C=O) groups excluding carboxylic acids is 1. The number of benzene rings is 1. The predicted octanol–water partition coefficient (Wildman–Crippen LogP) is 2.32. The van der Waals surface area contributed by atoms with Gasteiger partial charge in [-0.3, -0.25) is 4.79 Å². The Morgan fingerprint density at radius 1 is 1.53 bits per heavy atom. The summed E-state index contributed by atoms with van der Waals surface area (Å²) >= 11 is 5.80. The Morgan fingerprint density at radius 3 is 3.00 bits per heavy atom. The normalized spacial score (nSPS) is 10.4. The van der Waals surface area contributed by atoms with E-state index in [-0.39, 0.29) is 12.5 Å². The first-order valence-corrected chi connectivity index (χ1v) is 6.33. The van der Waals surface area contributed by atoms with Crippen molar-refractivity contribution >= 4 is 28.9 Å². The van der Waals surface area contributed by atoms with Crippen LogP contribution in [0.3, 0.4) is 0 Å². The van der Waals surface area contributed by atoms with Crippen LogP contribution in [-0.2, 0) is 17.8 Å². The maximum absolute atomic E-state index is 11.9. The number of aromatic nitrogens is 2. The van der Waals surface area contributed by atoms with Gasteiger partial charge in [0.25, 0.3) is 0 Å². The molecule has 0 aliphatic heterocycles. The molecule has 2 aromatic rings. The molecule has 0 bridgehead atoms. The number of nitrogens with two attached hydrogens (primary N) is 1. The zero-order chi connectivity index (χ0) is 13.8. The minimum Gasteiger partial charge on any atom is -0.397 e. The van der Waals surface area contributed by atoms with Crippen molar-refractivity contribution in [3.8, 4) is 0 Å². The predicted molar refractivity (Wildman–Crippen MR) is 76.1 cm³/mol. The van der Waals surface area contributed by atoms with E-state index < -0.39 is 0 Å². The van der Waals surface area contributed by atoms with Gasteiger partial charge in [-0.05, 0) is 18.2 Å². The van der Waals surface area contributed by atoms with Crippen LogP contribution in [0, 0.1) is 0 Å². The molecule has 0 saturated heterocycles. The lowest BCUT2D eigenvalue weighted by molar-refractivity contribution is -0.116. The Kier molecular flexibility index (Phi) is 4.06. The summed E-state index contributed by atoms with van der Waals surface area (Å²) in [5.74, 6) is 0.723. The number of nitrogens with zero attached hydrogens (tertiary/aromatic N) is 2. The second-order valence-corrected chi connectivity index (χ2v) is 4.54. The van der Waals surface area contributed by atoms with Gasteiger partial charge in [-0.1, -0.05) is 18.5 Å². The summed E-state index contributed by atoms with van der Waals surface area (Å²) in [6.45, 7) is 2.21. The number of imidazole rings is 1. The molecule has 5 nitrogen and oxygen atoms in total. The molecule has 1 heterocycles. The highest BCUT2D eigenvalue weighted by Gasteiger charge is 2.08. The number of nitrogen functional groups attached to an aromatic ring is 1. The van der Waals surface area contributed by atoms with Gasteiger partial charge in [0.2, 0.25) is 5.91 Å². The summed E-state index contributed by atoms with van der Waals surface area (Å²) in [6.07, 6.45) is 4.25. The van der Waals surface area contributed by atoms with Gasteiger partial charge in [0.1, 0.15) is 12.4 Å². The quantitative estimate of drug-likeness (QED) is 0.843. The van der Waals surface area contributed by atoms with Crippen molar-refractivity contribution in [2.24, 2.45) is 0 Å². The maximum Gasteiger partial charge on any atom is 0.244 e. The molecule has 0 radical (unpaired) electrons. The Morgan fingerprint density at radius 2 is 2.32 bits per heavy atom. The number of halogens is 1. The molecule has 1 aromatic carbocycles. The summed E-state index contributed by atoms with van der Waals surface area (Å²) in [4.78, 5) is 16.1. The summed E-state index contributed by atoms with van der Waals surface area (Å²) < 4.78 is 1.81. The molecule has 3 N–H and O–H groups in total. The van der Waals surface area contributed by atoms with E-state index in [2.05, 4.69) is 10.3 Å². The fraction of sp³-hybridized carbons (Fsp3) is 0.231. The van der Waals surface area contributed by atoms with Crippen LogP contribution in [-0.4, -0.2) is 15.5 Å². The van der Waals surface area contributed by atoms with Gasteiger partial charge in [0, 0.05) is 23.8 Å². The second kappa shape index (κ2) is 5.75. The van der Waals surface area contributed by atoms with Crippen LogP contribution in [0.4, 0.5) is 11.4 Å². The standard InChI is InChI=1S/C13H15ClN4O/c1-2-12-16-5-6-18(12)8-13(19)17-11-4-3-9(14)7-10(11)15/h3-7H,2,8,15H2,1H3,(H,17,19). The molecular weight excluding hydrogens is 264 g/mol. The van der Waals surface area contributed by atoms with Gasteiger partial charge in [0.15, 0.2) is 0 Å². The second-order valence-electron chi connectivity index (χ2n) is 4.10. The van der Waals surface area contributed by atoms with Gasteiger partial charge < -0.3 is 15.6 Å². The molecule has 0 spiro atoms. The number of anilines is 2. The van der Waals surface area contributed by atoms with Gasteiger partial charge in [-0.25, -0.2) is 4.98 Å². The van der Waals surface area contributed by atoms with Crippen molar-refractivity contribution in [3.63, 3.8) is 0 Å². The number of amides is 1. The van der Waals surface area contributed by atoms with E-state index in [1.54, 1.807) is 35.2 Å². The summed E-state index contributed by atoms with van der Waals surface area (Å²) in [6, 6.07) is 4.97. The van der Waals surface area contributed by atoms with Crippen LogP contribution >= 0.6 is 11.6 Å². The lowest BCUT2D eigenvalue weighted by Crippen LogP contribution is -2.20. The summed E-state index contributed by atoms with van der Waals surface area (Å²) in [7, 11) is 0. The van der Waals surface area contributed by atoms with Crippen LogP contribution < -0.4 is 11.1 Å². The number of hydrogen-bond donors (Lipinski definition) is 2. The van der Waals surface area contributed by atoms with Gasteiger partial charge in [0.05, 0.1) is 11.4 Å². The van der Waals surface area contributed by atoms with Crippen LogP contribution in [0.5, 0.6) is 0 Å². The van der Waals surface area contributed by atoms with Crippen molar-refractivity contribution in [3.05, 3.63) is 41.4 Å². The molecule has 0 fully saturated rings. The molecule has 0 atom stereocenters. The van der Waals surface area contributed by atoms with Crippen molar-refractivity contribution in [1.29, 1.82) is 0 Å². The molecule has 0 saturated carbocycles. The number of hydrogen-bond acceptors (Lipinski definition) is 3. The van der Waals surface area contributed by atoms with E-state index in [1.165, 1.54) is 0 Å². The average Bonchev–Trinajstić information content (AvgIpc) is 2.80. The fourth-order valence-corrected chi connectivity index (χ4v) is 1.97. The van der Waals surface area contributed by atoms with E-state index in [0.29, 0.717) is 16.4 Å². The highest BCUT2D eigenvalue weighted by Crippen LogP contribution is 2.22. The number of rotatable bonds is 4. The third-order valence-electron chi connectivity index (χ3n) is 2.72. The van der Waals surface area contributed by atoms with Gasteiger partial charge >= 0.3 is 0 Å². The highest BCUT2D eigenvalue weighted by atomic mass is 35.5. The molecule has 1 aromatic heterocycles. The summed E-state index contributed by atoms with van der Waals surface area (Å²) in [5, 5.41) is 3.30. The Bertz CT molecular complexity index is 594. The molecular formula is C13H15ClN4O. The Labute approximate surface area is 116 Å². The molecule has 2 rings (SSSR count). The van der Waals surface area contributed by atoms with Crippen LogP contribution in [0.15, 0.2) is 30.6 Å². The molecule has 19 heavy (non-hydrogen) atoms. The number of aryl methyl sites for hydroxylation is 1. The molecule has 0 aliphatic carbocycles. The largest absolute Gasteiger partial charge is 0.397 e. The third kappa shape index (κ3) is 3.26. The number of nitrogens with one attached hydrogen (secondary N) is 1. The molecule has 0 unspecified atom stereocenters. The van der Waals surface area contributed by atoms with Crippen molar-refractivity contribution in [2.75, 3.05) is 11.1 Å². The SMILES string of the molecule is CCc1nccn1CC(=O)Nc1ccc(Cl)cc1N. The van der Waals surface area contributed by atoms with Crippen LogP contribution in [0.25, 0.3) is 0 Å². The Hall–Kier alpha value is -2.01. The third-order valence-corrected chi connectivity index (χ3v) is 2.95. The van der Waals surface area contributed by atoms with E-state index >= 15 is 0 Å². The zero-order valence-corrected chi connectivity index (χ0v) is 11.3. The average molecular weight is 279 g/mol. The summed E-state index contributed by atoms with van der Waals surface area (Å²) in [5.41, 5.74) is 6.79. The van der Waals surface area contributed by atoms with Crippen molar-refractivity contribution < 1.29 is 4.79 Å². The van der Waals surface area contributed by atoms with E-state index in [1.807, 2.05) is 6.92 Å². The lowest BCUT2D eigenvalue weighted by Gasteiger charge is -2.10. The van der Waals surface area contributed by atoms with Crippen LogP contribution in [0.1, 0.15) is 12.7 Å². The highest BCUT2D eigenvalue weighted by molar-refractivity contribution is 6.31. The first-order chi connectivity index (χ1) is 9.10. The van der Waals surface area contributed by atoms with Gasteiger partial charge in [-0.2, -0.15) is 0 Å². The van der Waals surface area contributed by atoms with Gasteiger partial charge in [-0.15, -0.1) is 0 Å². The smallest absolute Gasteiger partial charge is 0.244 e. The van der Waals surface area contributed by atoms with E-state index in [0.717, 1.165) is 12.2 Å². The Balaban J connectivity index is 2.05. The van der Waals surface area contributed by atoms with E-state index in [4.69, 9.17) is 17.3 Å². The molecule has 0 aliphatic rings. The van der Waals surface area contributed by atoms with Crippen molar-refractivity contribution in [1.82, 2.24) is 9.55 Å². The van der Waals surface area contributed by atoms with Crippen LogP contribution in [0.2, 0.25) is 5.02 Å². The number of carbonyl (C=O) groups is 1. The first-order valence-electron chi connectivity index (χ1n) is 5.95. The minimum absolute atomic E-state index is 0.151. The lowest BCUT2D eigenvalue weighted by atomic mass is 10.2. The monoisotopic (exact) mass is 278 g/mol.